The average molecular weight is 335 g/mol. The molecule has 8 heteroatoms. The highest BCUT2D eigenvalue weighted by Gasteiger charge is 2.51. The molecular weight excluding hydrogens is 314 g/mol. The molecule has 0 unspecified atom stereocenters. The molecule has 2 fully saturated rings. The van der Waals surface area contributed by atoms with Crippen LogP contribution in [0.3, 0.4) is 0 Å². The minimum absolute atomic E-state index is 0.0203. The number of esters is 1. The molecule has 1 aliphatic heterocycles. The first-order chi connectivity index (χ1) is 11.5. The molecule has 0 aromatic rings. The molecule has 130 valence electrons. The molecule has 0 bridgehead atoms. The maximum atomic E-state index is 12.4. The van der Waals surface area contributed by atoms with Crippen molar-refractivity contribution >= 4 is 23.8 Å². The third-order valence-corrected chi connectivity index (χ3v) is 4.22. The van der Waals surface area contributed by atoms with E-state index in [1.165, 1.54) is 0 Å². The molecule has 1 saturated heterocycles. The topological polar surface area (TPSA) is 105 Å². The first-order valence-corrected chi connectivity index (χ1v) is 7.98. The Morgan fingerprint density at radius 1 is 1.33 bits per heavy atom. The van der Waals surface area contributed by atoms with Crippen molar-refractivity contribution < 1.29 is 23.9 Å². The molecule has 4 amide bonds. The molecule has 0 atom stereocenters. The van der Waals surface area contributed by atoms with Crippen molar-refractivity contribution in [3.63, 3.8) is 0 Å². The fourth-order valence-electron chi connectivity index (χ4n) is 3.00. The van der Waals surface area contributed by atoms with Gasteiger partial charge in [-0.15, -0.1) is 6.42 Å². The van der Waals surface area contributed by atoms with E-state index in [4.69, 9.17) is 11.2 Å². The lowest BCUT2D eigenvalue weighted by atomic mass is 9.98. The van der Waals surface area contributed by atoms with Gasteiger partial charge in [0.2, 0.25) is 0 Å². The highest BCUT2D eigenvalue weighted by molar-refractivity contribution is 6.07. The Bertz CT molecular complexity index is 575. The van der Waals surface area contributed by atoms with Gasteiger partial charge in [-0.25, -0.2) is 4.79 Å². The summed E-state index contributed by atoms with van der Waals surface area (Å²) in [6.45, 7) is -0.165. The van der Waals surface area contributed by atoms with Crippen molar-refractivity contribution in [2.45, 2.75) is 44.1 Å². The van der Waals surface area contributed by atoms with E-state index in [2.05, 4.69) is 16.6 Å². The maximum absolute atomic E-state index is 12.4. The van der Waals surface area contributed by atoms with E-state index < -0.39 is 30.1 Å². The largest absolute Gasteiger partial charge is 0.456 e. The van der Waals surface area contributed by atoms with Crippen LogP contribution in [0.2, 0.25) is 0 Å². The summed E-state index contributed by atoms with van der Waals surface area (Å²) < 4.78 is 4.79. The summed E-state index contributed by atoms with van der Waals surface area (Å²) >= 11 is 0. The van der Waals surface area contributed by atoms with Crippen LogP contribution in [0.4, 0.5) is 4.79 Å². The number of urea groups is 1. The lowest BCUT2D eigenvalue weighted by molar-refractivity contribution is -0.148. The Hall–Kier alpha value is -2.56. The van der Waals surface area contributed by atoms with Gasteiger partial charge >= 0.3 is 12.0 Å². The van der Waals surface area contributed by atoms with Gasteiger partial charge in [-0.1, -0.05) is 18.8 Å². The summed E-state index contributed by atoms with van der Waals surface area (Å²) in [7, 11) is 0. The van der Waals surface area contributed by atoms with Gasteiger partial charge in [-0.3, -0.25) is 19.3 Å². The molecular formula is C16H21N3O5. The van der Waals surface area contributed by atoms with Crippen LogP contribution < -0.4 is 10.6 Å². The van der Waals surface area contributed by atoms with Crippen LogP contribution in [0.5, 0.6) is 0 Å². The molecule has 1 heterocycles. The van der Waals surface area contributed by atoms with Crippen molar-refractivity contribution in [1.29, 1.82) is 0 Å². The number of hydrogen-bond acceptors (Lipinski definition) is 5. The number of carbonyl (C=O) groups is 4. The van der Waals surface area contributed by atoms with Crippen LogP contribution in [-0.2, 0) is 19.1 Å². The maximum Gasteiger partial charge on any atom is 0.325 e. The van der Waals surface area contributed by atoms with E-state index >= 15 is 0 Å². The third kappa shape index (κ3) is 4.04. The zero-order chi connectivity index (χ0) is 17.6. The standard InChI is InChI=1S/C16H21N3O5/c1-2-9-17-12(20)11-24-13(21)6-5-10-19-14(22)16(18-15(19)23)7-3-4-8-16/h1H,3-11H2,(H,17,20)(H,18,23). The van der Waals surface area contributed by atoms with Gasteiger partial charge in [0.25, 0.3) is 11.8 Å². The van der Waals surface area contributed by atoms with E-state index in [9.17, 15) is 19.2 Å². The number of nitrogens with zero attached hydrogens (tertiary/aromatic N) is 1. The van der Waals surface area contributed by atoms with Crippen LogP contribution in [0.25, 0.3) is 0 Å². The van der Waals surface area contributed by atoms with Crippen molar-refractivity contribution in [2.24, 2.45) is 0 Å². The molecule has 1 saturated carbocycles. The molecule has 2 aliphatic rings. The number of hydrogen-bond donors (Lipinski definition) is 2. The van der Waals surface area contributed by atoms with E-state index in [-0.39, 0.29) is 25.4 Å². The fraction of sp³-hybridized carbons (Fsp3) is 0.625. The highest BCUT2D eigenvalue weighted by atomic mass is 16.5. The van der Waals surface area contributed by atoms with Gasteiger partial charge in [0.15, 0.2) is 6.61 Å². The number of ether oxygens (including phenoxy) is 1. The van der Waals surface area contributed by atoms with E-state index in [0.29, 0.717) is 19.3 Å². The Labute approximate surface area is 140 Å². The quantitative estimate of drug-likeness (QED) is 0.385. The average Bonchev–Trinajstić information content (AvgIpc) is 3.11. The Kier molecular flexibility index (Phi) is 5.79. The zero-order valence-corrected chi connectivity index (χ0v) is 13.4. The second-order valence-corrected chi connectivity index (χ2v) is 5.92. The van der Waals surface area contributed by atoms with E-state index in [1.807, 2.05) is 0 Å². The third-order valence-electron chi connectivity index (χ3n) is 4.22. The van der Waals surface area contributed by atoms with Crippen LogP contribution >= 0.6 is 0 Å². The van der Waals surface area contributed by atoms with Crippen molar-refractivity contribution in [1.82, 2.24) is 15.5 Å². The number of amides is 4. The Morgan fingerprint density at radius 3 is 2.71 bits per heavy atom. The first-order valence-electron chi connectivity index (χ1n) is 7.98. The minimum atomic E-state index is -0.729. The molecule has 0 radical (unpaired) electrons. The van der Waals surface area contributed by atoms with Crippen LogP contribution in [0, 0.1) is 12.3 Å². The van der Waals surface area contributed by atoms with E-state index in [1.54, 1.807) is 0 Å². The summed E-state index contributed by atoms with van der Waals surface area (Å²) in [5.74, 6) is 0.996. The highest BCUT2D eigenvalue weighted by Crippen LogP contribution is 2.35. The summed E-state index contributed by atoms with van der Waals surface area (Å²) in [6, 6.07) is -0.399. The number of terminal acetylenes is 1. The van der Waals surface area contributed by atoms with Crippen molar-refractivity contribution in [3.8, 4) is 12.3 Å². The second kappa shape index (κ2) is 7.81. The monoisotopic (exact) mass is 335 g/mol. The number of carbonyl (C=O) groups excluding carboxylic acids is 4. The molecule has 1 spiro atoms. The molecule has 0 aromatic carbocycles. The summed E-state index contributed by atoms with van der Waals surface area (Å²) in [5, 5.41) is 5.15. The molecule has 8 nitrogen and oxygen atoms in total. The van der Waals surface area contributed by atoms with Crippen LogP contribution in [-0.4, -0.2) is 54.0 Å². The van der Waals surface area contributed by atoms with Gasteiger partial charge in [0, 0.05) is 13.0 Å². The predicted octanol–water partition coefficient (Wildman–Crippen LogP) is -0.0762. The zero-order valence-electron chi connectivity index (χ0n) is 13.4. The molecule has 24 heavy (non-hydrogen) atoms. The fourth-order valence-corrected chi connectivity index (χ4v) is 3.00. The van der Waals surface area contributed by atoms with Crippen molar-refractivity contribution in [2.75, 3.05) is 19.7 Å². The smallest absolute Gasteiger partial charge is 0.325 e. The lowest BCUT2D eigenvalue weighted by Crippen LogP contribution is -2.44. The van der Waals surface area contributed by atoms with Crippen molar-refractivity contribution in [3.05, 3.63) is 0 Å². The molecule has 2 rings (SSSR count). The van der Waals surface area contributed by atoms with Gasteiger partial charge in [0.1, 0.15) is 5.54 Å². The SMILES string of the molecule is C#CCNC(=O)COC(=O)CCCN1C(=O)NC2(CCCC2)C1=O. The van der Waals surface area contributed by atoms with Gasteiger partial charge in [0.05, 0.1) is 6.54 Å². The van der Waals surface area contributed by atoms with Gasteiger partial charge in [-0.2, -0.15) is 0 Å². The summed E-state index contributed by atoms with van der Waals surface area (Å²) in [6.07, 6.45) is 8.49. The summed E-state index contributed by atoms with van der Waals surface area (Å²) in [4.78, 5) is 48.3. The van der Waals surface area contributed by atoms with E-state index in [0.717, 1.165) is 17.7 Å². The first kappa shape index (κ1) is 17.8. The van der Waals surface area contributed by atoms with Gasteiger partial charge in [-0.05, 0) is 19.3 Å². The number of nitrogens with one attached hydrogen (secondary N) is 2. The second-order valence-electron chi connectivity index (χ2n) is 5.92. The summed E-state index contributed by atoms with van der Waals surface area (Å²) in [5.41, 5.74) is -0.729. The minimum Gasteiger partial charge on any atom is -0.456 e. The Balaban J connectivity index is 1.69. The van der Waals surface area contributed by atoms with Crippen LogP contribution in [0.15, 0.2) is 0 Å². The number of rotatable bonds is 7. The molecule has 0 aromatic heterocycles. The lowest BCUT2D eigenvalue weighted by Gasteiger charge is -2.19. The molecule has 2 N–H and O–H groups in total. The van der Waals surface area contributed by atoms with Crippen LogP contribution in [0.1, 0.15) is 38.5 Å². The predicted molar refractivity (Wildman–Crippen MR) is 83.5 cm³/mol. The van der Waals surface area contributed by atoms with Gasteiger partial charge < -0.3 is 15.4 Å². The Morgan fingerprint density at radius 2 is 2.04 bits per heavy atom. The normalized spacial score (nSPS) is 18.4. The molecule has 1 aliphatic carbocycles. The number of imide groups is 1.